The lowest BCUT2D eigenvalue weighted by atomic mass is 9.77. The number of amides is 3. The van der Waals surface area contributed by atoms with Gasteiger partial charge in [0.2, 0.25) is 5.91 Å². The summed E-state index contributed by atoms with van der Waals surface area (Å²) in [6.45, 7) is 0.394. The zero-order valence-electron chi connectivity index (χ0n) is 18.8. The Morgan fingerprint density at radius 3 is 2.26 bits per heavy atom. The van der Waals surface area contributed by atoms with E-state index >= 15 is 0 Å². The molecule has 3 amide bonds. The molecule has 0 aromatic heterocycles. The molecule has 0 spiro atoms. The molecule has 8 nitrogen and oxygen atoms in total. The standard InChI is InChI=1S/C26H27N3O5/c27-16-10-9-15-11-12-28(23(30)19-7-3-4-8-20(19)26(33)34)22(21(15)13-16)14-29-24(31)17-5-1-2-6-18(17)25(29)32/h1-2,5-6,9-10,13,19-20,22H,3-4,7-8,11-12,14,27H2,(H,33,34)/t19-,20+,22?/m1/s1. The van der Waals surface area contributed by atoms with Crippen LogP contribution in [-0.2, 0) is 16.0 Å². The van der Waals surface area contributed by atoms with E-state index in [2.05, 4.69) is 0 Å². The lowest BCUT2D eigenvalue weighted by molar-refractivity contribution is -0.153. The minimum absolute atomic E-state index is 0.000994. The van der Waals surface area contributed by atoms with Crippen molar-refractivity contribution < 1.29 is 24.3 Å². The smallest absolute Gasteiger partial charge is 0.307 e. The van der Waals surface area contributed by atoms with E-state index in [1.165, 1.54) is 4.90 Å². The number of imide groups is 1. The zero-order chi connectivity index (χ0) is 24.0. The van der Waals surface area contributed by atoms with Crippen LogP contribution in [0.1, 0.15) is 63.6 Å². The summed E-state index contributed by atoms with van der Waals surface area (Å²) in [6, 6.07) is 11.6. The maximum Gasteiger partial charge on any atom is 0.307 e. The van der Waals surface area contributed by atoms with E-state index in [1.807, 2.05) is 6.07 Å². The highest BCUT2D eigenvalue weighted by Gasteiger charge is 2.44. The third kappa shape index (κ3) is 3.63. The first kappa shape index (κ1) is 22.1. The Hall–Kier alpha value is -3.68. The van der Waals surface area contributed by atoms with Gasteiger partial charge in [-0.05, 0) is 54.7 Å². The van der Waals surface area contributed by atoms with E-state index in [0.717, 1.165) is 24.0 Å². The Labute approximate surface area is 197 Å². The fraction of sp³-hybridized carbons (Fsp3) is 0.385. The first-order valence-electron chi connectivity index (χ1n) is 11.7. The third-order valence-corrected chi connectivity index (χ3v) is 7.44. The molecule has 2 aromatic carbocycles. The molecule has 34 heavy (non-hydrogen) atoms. The van der Waals surface area contributed by atoms with Gasteiger partial charge in [-0.3, -0.25) is 24.1 Å². The summed E-state index contributed by atoms with van der Waals surface area (Å²) < 4.78 is 0. The van der Waals surface area contributed by atoms with Crippen molar-refractivity contribution in [2.45, 2.75) is 38.1 Å². The largest absolute Gasteiger partial charge is 0.481 e. The number of carboxylic acids is 1. The summed E-state index contributed by atoms with van der Waals surface area (Å²) in [4.78, 5) is 54.7. The van der Waals surface area contributed by atoms with E-state index in [9.17, 15) is 24.3 Å². The first-order valence-corrected chi connectivity index (χ1v) is 11.7. The fourth-order valence-corrected chi connectivity index (χ4v) is 5.69. The second kappa shape index (κ2) is 8.59. The Kier molecular flexibility index (Phi) is 5.59. The average molecular weight is 462 g/mol. The van der Waals surface area contributed by atoms with Crippen LogP contribution in [-0.4, -0.2) is 51.7 Å². The van der Waals surface area contributed by atoms with Gasteiger partial charge in [-0.2, -0.15) is 0 Å². The van der Waals surface area contributed by atoms with Crippen molar-refractivity contribution in [3.05, 3.63) is 64.7 Å². The Bertz CT molecular complexity index is 1160. The Morgan fingerprint density at radius 1 is 0.971 bits per heavy atom. The number of aliphatic carboxylic acids is 1. The van der Waals surface area contributed by atoms with Gasteiger partial charge in [0, 0.05) is 12.2 Å². The molecule has 3 atom stereocenters. The monoisotopic (exact) mass is 461 g/mol. The zero-order valence-corrected chi connectivity index (χ0v) is 18.8. The van der Waals surface area contributed by atoms with E-state index in [4.69, 9.17) is 5.73 Å². The average Bonchev–Trinajstić information content (AvgIpc) is 3.08. The quantitative estimate of drug-likeness (QED) is 0.534. The van der Waals surface area contributed by atoms with Gasteiger partial charge in [-0.1, -0.05) is 31.0 Å². The number of carboxylic acid groups (broad SMARTS) is 1. The summed E-state index contributed by atoms with van der Waals surface area (Å²) in [6.07, 6.45) is 3.20. The van der Waals surface area contributed by atoms with Crippen LogP contribution in [0, 0.1) is 11.8 Å². The molecular formula is C26H27N3O5. The van der Waals surface area contributed by atoms with Crippen molar-refractivity contribution in [2.24, 2.45) is 11.8 Å². The molecule has 2 aromatic rings. The van der Waals surface area contributed by atoms with Crippen molar-refractivity contribution in [2.75, 3.05) is 18.8 Å². The number of nitrogens with two attached hydrogens (primary N) is 1. The van der Waals surface area contributed by atoms with Crippen LogP contribution in [0.25, 0.3) is 0 Å². The van der Waals surface area contributed by atoms with Gasteiger partial charge >= 0.3 is 5.97 Å². The molecule has 176 valence electrons. The minimum Gasteiger partial charge on any atom is -0.481 e. The predicted octanol–water partition coefficient (Wildman–Crippen LogP) is 2.88. The number of benzene rings is 2. The Balaban J connectivity index is 1.51. The summed E-state index contributed by atoms with van der Waals surface area (Å²) in [5, 5.41) is 9.73. The van der Waals surface area contributed by atoms with Gasteiger partial charge in [0.05, 0.1) is 35.5 Å². The maximum atomic E-state index is 13.8. The summed E-state index contributed by atoms with van der Waals surface area (Å²) in [5.41, 5.74) is 9.13. The van der Waals surface area contributed by atoms with Crippen LogP contribution >= 0.6 is 0 Å². The van der Waals surface area contributed by atoms with Crippen LogP contribution < -0.4 is 5.73 Å². The molecule has 2 aliphatic heterocycles. The van der Waals surface area contributed by atoms with Crippen LogP contribution in [0.3, 0.4) is 0 Å². The molecule has 2 heterocycles. The summed E-state index contributed by atoms with van der Waals surface area (Å²) in [7, 11) is 0. The number of carbonyl (C=O) groups is 4. The predicted molar refractivity (Wildman–Crippen MR) is 124 cm³/mol. The number of hydrogen-bond acceptors (Lipinski definition) is 5. The number of hydrogen-bond donors (Lipinski definition) is 2. The number of anilines is 1. The molecule has 8 heteroatoms. The molecule has 0 bridgehead atoms. The van der Waals surface area contributed by atoms with E-state index in [1.54, 1.807) is 41.3 Å². The van der Waals surface area contributed by atoms with Crippen LogP contribution in [0.4, 0.5) is 5.69 Å². The van der Waals surface area contributed by atoms with Gasteiger partial charge < -0.3 is 15.7 Å². The van der Waals surface area contributed by atoms with Crippen LogP contribution in [0.5, 0.6) is 0 Å². The highest BCUT2D eigenvalue weighted by atomic mass is 16.4. The van der Waals surface area contributed by atoms with E-state index in [0.29, 0.717) is 42.6 Å². The topological polar surface area (TPSA) is 121 Å². The number of nitrogens with zero attached hydrogens (tertiary/aromatic N) is 2. The molecule has 1 fully saturated rings. The molecular weight excluding hydrogens is 434 g/mol. The minimum atomic E-state index is -0.948. The van der Waals surface area contributed by atoms with Crippen LogP contribution in [0.15, 0.2) is 42.5 Å². The van der Waals surface area contributed by atoms with Crippen LogP contribution in [0.2, 0.25) is 0 Å². The SMILES string of the molecule is Nc1ccc2c(c1)C(CN1C(=O)c3ccccc3C1=O)N(C(=O)[C@@H]1CCCC[C@@H]1C(=O)O)CC2. The van der Waals surface area contributed by atoms with Crippen molar-refractivity contribution in [3.63, 3.8) is 0 Å². The number of rotatable bonds is 4. The second-order valence-electron chi connectivity index (χ2n) is 9.36. The number of nitrogen functional groups attached to an aromatic ring is 1. The lowest BCUT2D eigenvalue weighted by Crippen LogP contribution is -2.50. The highest BCUT2D eigenvalue weighted by Crippen LogP contribution is 2.38. The van der Waals surface area contributed by atoms with Gasteiger partial charge in [0.1, 0.15) is 0 Å². The van der Waals surface area contributed by atoms with Gasteiger partial charge in [-0.15, -0.1) is 0 Å². The van der Waals surface area contributed by atoms with Crippen molar-refractivity contribution in [1.29, 1.82) is 0 Å². The normalized spacial score (nSPS) is 24.1. The molecule has 3 aliphatic rings. The fourth-order valence-electron chi connectivity index (χ4n) is 5.69. The van der Waals surface area contributed by atoms with Gasteiger partial charge in [0.15, 0.2) is 0 Å². The molecule has 1 unspecified atom stereocenters. The first-order chi connectivity index (χ1) is 16.4. The van der Waals surface area contributed by atoms with Crippen molar-refractivity contribution in [1.82, 2.24) is 9.80 Å². The van der Waals surface area contributed by atoms with Crippen molar-refractivity contribution in [3.8, 4) is 0 Å². The van der Waals surface area contributed by atoms with Crippen molar-refractivity contribution >= 4 is 29.4 Å². The third-order valence-electron chi connectivity index (χ3n) is 7.44. The molecule has 1 saturated carbocycles. The Morgan fingerprint density at radius 2 is 1.62 bits per heavy atom. The second-order valence-corrected chi connectivity index (χ2v) is 9.36. The summed E-state index contributed by atoms with van der Waals surface area (Å²) >= 11 is 0. The molecule has 1 aliphatic carbocycles. The lowest BCUT2D eigenvalue weighted by Gasteiger charge is -2.42. The number of fused-ring (bicyclic) bond motifs is 2. The highest BCUT2D eigenvalue weighted by molar-refractivity contribution is 6.21. The maximum absolute atomic E-state index is 13.8. The van der Waals surface area contributed by atoms with E-state index in [-0.39, 0.29) is 24.3 Å². The molecule has 3 N–H and O–H groups in total. The van der Waals surface area contributed by atoms with Gasteiger partial charge in [-0.25, -0.2) is 0 Å². The van der Waals surface area contributed by atoms with E-state index < -0.39 is 23.8 Å². The summed E-state index contributed by atoms with van der Waals surface area (Å²) in [5.74, 6) is -3.27. The molecule has 0 saturated heterocycles. The van der Waals surface area contributed by atoms with Gasteiger partial charge in [0.25, 0.3) is 11.8 Å². The number of carbonyl (C=O) groups excluding carboxylic acids is 3. The molecule has 5 rings (SSSR count). The molecule has 0 radical (unpaired) electrons.